The van der Waals surface area contributed by atoms with Gasteiger partial charge in [0.15, 0.2) is 0 Å². The smallest absolute Gasteiger partial charge is 0.391 e. The molecule has 2 nitrogen and oxygen atoms in total. The van der Waals surface area contributed by atoms with Crippen LogP contribution in [0.5, 0.6) is 0 Å². The number of rotatable bonds is 5. The Bertz CT molecular complexity index is 132. The summed E-state index contributed by atoms with van der Waals surface area (Å²) in [6, 6.07) is 0. The Kier molecular flexibility index (Phi) is 4.96. The molecule has 0 aliphatic heterocycles. The number of aliphatic hydroxyl groups is 1. The highest BCUT2D eigenvalue weighted by atomic mass is 32.1. The first kappa shape index (κ1) is 12.1. The van der Waals surface area contributed by atoms with E-state index < -0.39 is 24.3 Å². The molecule has 0 rings (SSSR count). The summed E-state index contributed by atoms with van der Waals surface area (Å²) in [7, 11) is 0. The van der Waals surface area contributed by atoms with Gasteiger partial charge in [-0.3, -0.25) is 0 Å². The Morgan fingerprint density at radius 3 is 2.42 bits per heavy atom. The quantitative estimate of drug-likeness (QED) is 0.666. The van der Waals surface area contributed by atoms with Gasteiger partial charge in [0.2, 0.25) is 5.50 Å². The van der Waals surface area contributed by atoms with Crippen molar-refractivity contribution in [2.75, 3.05) is 6.61 Å². The van der Waals surface area contributed by atoms with E-state index in [9.17, 15) is 13.2 Å². The Balaban J connectivity index is 3.75. The third kappa shape index (κ3) is 4.18. The van der Waals surface area contributed by atoms with Gasteiger partial charge in [-0.05, 0) is 6.42 Å². The van der Waals surface area contributed by atoms with Gasteiger partial charge in [-0.2, -0.15) is 8.78 Å². The molecule has 0 saturated heterocycles. The van der Waals surface area contributed by atoms with Crippen molar-refractivity contribution in [1.29, 1.82) is 0 Å². The van der Waals surface area contributed by atoms with Gasteiger partial charge in [0.25, 0.3) is 0 Å². The molecule has 0 aliphatic carbocycles. The van der Waals surface area contributed by atoms with Crippen LogP contribution in [0, 0.1) is 0 Å². The molecule has 0 heterocycles. The van der Waals surface area contributed by atoms with Crippen molar-refractivity contribution in [3.8, 4) is 0 Å². The molecule has 6 heteroatoms. The van der Waals surface area contributed by atoms with E-state index in [2.05, 4.69) is 17.4 Å². The van der Waals surface area contributed by atoms with Gasteiger partial charge in [-0.1, -0.05) is 6.92 Å². The predicted molar refractivity (Wildman–Crippen MR) is 41.1 cm³/mol. The van der Waals surface area contributed by atoms with Crippen LogP contribution < -0.4 is 0 Å². The summed E-state index contributed by atoms with van der Waals surface area (Å²) in [6.45, 7) is 1.00. The number of thiol groups is 1. The van der Waals surface area contributed by atoms with Gasteiger partial charge in [0.05, 0.1) is 12.7 Å². The van der Waals surface area contributed by atoms with Crippen LogP contribution >= 0.6 is 12.6 Å². The predicted octanol–water partition coefficient (Wildman–Crippen LogP) is 1.59. The Morgan fingerprint density at radius 2 is 2.08 bits per heavy atom. The van der Waals surface area contributed by atoms with Crippen LogP contribution in [0.2, 0.25) is 0 Å². The van der Waals surface area contributed by atoms with E-state index in [4.69, 9.17) is 5.11 Å². The van der Waals surface area contributed by atoms with Crippen molar-refractivity contribution >= 4 is 12.6 Å². The first-order chi connectivity index (χ1) is 5.40. The summed E-state index contributed by atoms with van der Waals surface area (Å²) in [5.41, 5.74) is -2.67. The van der Waals surface area contributed by atoms with Gasteiger partial charge >= 0.3 is 6.11 Å². The lowest BCUT2D eigenvalue weighted by Crippen LogP contribution is -2.32. The Hall–Kier alpha value is 0.0600. The van der Waals surface area contributed by atoms with Gasteiger partial charge < -0.3 is 9.84 Å². The molecule has 2 atom stereocenters. The van der Waals surface area contributed by atoms with Crippen LogP contribution in [-0.2, 0) is 4.74 Å². The highest BCUT2D eigenvalue weighted by molar-refractivity contribution is 7.80. The van der Waals surface area contributed by atoms with E-state index in [0.717, 1.165) is 0 Å². The zero-order valence-electron chi connectivity index (χ0n) is 6.51. The number of ether oxygens (including phenoxy) is 1. The van der Waals surface area contributed by atoms with Crippen LogP contribution in [0.4, 0.5) is 13.2 Å². The highest BCUT2D eigenvalue weighted by Crippen LogP contribution is 2.25. The normalized spacial score (nSPS) is 17.5. The first-order valence-electron chi connectivity index (χ1n) is 3.42. The molecule has 0 aromatic rings. The fourth-order valence-electron chi connectivity index (χ4n) is 0.394. The van der Waals surface area contributed by atoms with Crippen LogP contribution in [0.1, 0.15) is 13.3 Å². The largest absolute Gasteiger partial charge is 0.396 e. The van der Waals surface area contributed by atoms with Crippen LogP contribution in [0.25, 0.3) is 0 Å². The van der Waals surface area contributed by atoms with Crippen molar-refractivity contribution < 1.29 is 23.0 Å². The second-order valence-electron chi connectivity index (χ2n) is 2.27. The van der Waals surface area contributed by atoms with E-state index in [1.165, 1.54) is 0 Å². The molecule has 0 aromatic carbocycles. The average Bonchev–Trinajstić information content (AvgIpc) is 2.00. The standard InChI is InChI=1S/C6H11F3O2S/c1-2-4(10)3-11-6(8,9)5(7)12/h4-5,10,12H,2-3H2,1H3. The third-order valence-corrected chi connectivity index (χ3v) is 1.52. The molecule has 0 radical (unpaired) electrons. The monoisotopic (exact) mass is 204 g/mol. The van der Waals surface area contributed by atoms with E-state index in [0.29, 0.717) is 0 Å². The molecule has 2 unspecified atom stereocenters. The van der Waals surface area contributed by atoms with Gasteiger partial charge in [-0.25, -0.2) is 4.39 Å². The topological polar surface area (TPSA) is 29.5 Å². The number of hydrogen-bond acceptors (Lipinski definition) is 3. The van der Waals surface area contributed by atoms with Gasteiger partial charge in [0.1, 0.15) is 0 Å². The minimum Gasteiger partial charge on any atom is -0.391 e. The minimum atomic E-state index is -3.93. The first-order valence-corrected chi connectivity index (χ1v) is 3.93. The third-order valence-electron chi connectivity index (χ3n) is 1.22. The summed E-state index contributed by atoms with van der Waals surface area (Å²) in [5, 5.41) is 8.80. The molecule has 0 fully saturated rings. The molecule has 0 saturated carbocycles. The lowest BCUT2D eigenvalue weighted by Gasteiger charge is -2.18. The Labute approximate surface area is 74.1 Å². The van der Waals surface area contributed by atoms with Gasteiger partial charge in [-0.15, -0.1) is 12.6 Å². The molecule has 1 N–H and O–H groups in total. The van der Waals surface area contributed by atoms with Crippen LogP contribution in [0.15, 0.2) is 0 Å². The molecule has 12 heavy (non-hydrogen) atoms. The summed E-state index contributed by atoms with van der Waals surface area (Å²) < 4.78 is 40.3. The van der Waals surface area contributed by atoms with Gasteiger partial charge in [0, 0.05) is 0 Å². The van der Waals surface area contributed by atoms with Crippen LogP contribution in [0.3, 0.4) is 0 Å². The summed E-state index contributed by atoms with van der Waals surface area (Å²) in [5.74, 6) is 0. The zero-order chi connectivity index (χ0) is 9.78. The highest BCUT2D eigenvalue weighted by Gasteiger charge is 2.39. The van der Waals surface area contributed by atoms with E-state index in [-0.39, 0.29) is 6.42 Å². The maximum atomic E-state index is 12.3. The lowest BCUT2D eigenvalue weighted by atomic mass is 10.3. The van der Waals surface area contributed by atoms with Crippen molar-refractivity contribution in [2.45, 2.75) is 31.1 Å². The Morgan fingerprint density at radius 1 is 1.58 bits per heavy atom. The fourth-order valence-corrected chi connectivity index (χ4v) is 0.468. The summed E-state index contributed by atoms with van der Waals surface area (Å²) in [4.78, 5) is 0. The second kappa shape index (κ2) is 4.94. The van der Waals surface area contributed by atoms with Crippen molar-refractivity contribution in [1.82, 2.24) is 0 Å². The maximum absolute atomic E-state index is 12.3. The molecule has 0 aliphatic rings. The second-order valence-corrected chi connectivity index (χ2v) is 2.72. The lowest BCUT2D eigenvalue weighted by molar-refractivity contribution is -0.263. The average molecular weight is 204 g/mol. The fraction of sp³-hybridized carbons (Fsp3) is 1.00. The maximum Gasteiger partial charge on any atom is 0.396 e. The summed E-state index contributed by atoms with van der Waals surface area (Å²) >= 11 is 2.89. The van der Waals surface area contributed by atoms with Crippen LogP contribution in [-0.4, -0.2) is 29.4 Å². The molecule has 0 bridgehead atoms. The number of alkyl halides is 3. The van der Waals surface area contributed by atoms with E-state index in [1.54, 1.807) is 6.92 Å². The molecule has 0 aromatic heterocycles. The van der Waals surface area contributed by atoms with E-state index >= 15 is 0 Å². The van der Waals surface area contributed by atoms with Crippen molar-refractivity contribution in [3.63, 3.8) is 0 Å². The SMILES string of the molecule is CCC(O)COC(F)(F)C(F)S. The van der Waals surface area contributed by atoms with E-state index in [1.807, 2.05) is 0 Å². The minimum absolute atomic E-state index is 0.277. The molecule has 0 spiro atoms. The number of hydrogen-bond donors (Lipinski definition) is 2. The molecular formula is C6H11F3O2S. The number of halogens is 3. The zero-order valence-corrected chi connectivity index (χ0v) is 7.40. The molecule has 74 valence electrons. The summed E-state index contributed by atoms with van der Waals surface area (Å²) in [6.07, 6.45) is -4.65. The molecular weight excluding hydrogens is 193 g/mol. The van der Waals surface area contributed by atoms with Crippen molar-refractivity contribution in [2.24, 2.45) is 0 Å². The number of aliphatic hydroxyl groups excluding tert-OH is 1. The molecule has 0 amide bonds. The van der Waals surface area contributed by atoms with Crippen molar-refractivity contribution in [3.05, 3.63) is 0 Å².